The van der Waals surface area contributed by atoms with Crippen LogP contribution in [0.3, 0.4) is 0 Å². The standard InChI is InChI=1S/C32H44N4O6/c1-31(2,3)42-30(41)35-24(20-14-18-11-6-7-12-19(18)15-20)29(40)36-16-21-23(32(21,4)5)25(36)28(39)34-22(26(37)27(33)38)13-17-9-8-10-17/h6-7,11-12,17,20-25H,8-10,13-16H2,1-5H3,(H2,33,38)(H,34,39)(H,35,41)/t21-,22?,23-,24-,25-/m0/s1. The quantitative estimate of drug-likeness (QED) is 0.383. The number of benzene rings is 1. The van der Waals surface area contributed by atoms with Gasteiger partial charge in [-0.25, -0.2) is 4.79 Å². The molecule has 5 atom stereocenters. The number of nitrogens with zero attached hydrogens (tertiary/aromatic N) is 1. The van der Waals surface area contributed by atoms with E-state index in [-0.39, 0.29) is 35.0 Å². The second kappa shape index (κ2) is 11.0. The molecular formula is C32H44N4O6. The number of rotatable bonds is 9. The molecule has 228 valence electrons. The van der Waals surface area contributed by atoms with Crippen molar-refractivity contribution in [3.05, 3.63) is 35.4 Å². The van der Waals surface area contributed by atoms with E-state index in [0.29, 0.717) is 25.8 Å². The number of nitrogens with one attached hydrogen (secondary N) is 2. The first kappa shape index (κ1) is 30.0. The maximum atomic E-state index is 14.4. The highest BCUT2D eigenvalue weighted by Gasteiger charge is 2.69. The number of fused-ring (bicyclic) bond motifs is 2. The lowest BCUT2D eigenvalue weighted by Crippen LogP contribution is -2.60. The molecular weight excluding hydrogens is 536 g/mol. The van der Waals surface area contributed by atoms with E-state index in [9.17, 15) is 24.0 Å². The van der Waals surface area contributed by atoms with E-state index in [1.807, 2.05) is 24.3 Å². The van der Waals surface area contributed by atoms with Crippen LogP contribution in [-0.2, 0) is 36.8 Å². The minimum absolute atomic E-state index is 0.0996. The fraction of sp³-hybridized carbons (Fsp3) is 0.656. The molecule has 42 heavy (non-hydrogen) atoms. The van der Waals surface area contributed by atoms with Gasteiger partial charge in [0.25, 0.3) is 5.91 Å². The first-order valence-electron chi connectivity index (χ1n) is 15.2. The lowest BCUT2D eigenvalue weighted by atomic mass is 9.80. The van der Waals surface area contributed by atoms with E-state index in [2.05, 4.69) is 24.5 Å². The Labute approximate surface area is 247 Å². The molecule has 0 spiro atoms. The summed E-state index contributed by atoms with van der Waals surface area (Å²) in [5.41, 5.74) is 6.69. The lowest BCUT2D eigenvalue weighted by Gasteiger charge is -2.36. The maximum Gasteiger partial charge on any atom is 0.408 e. The van der Waals surface area contributed by atoms with Crippen molar-refractivity contribution in [2.75, 3.05) is 6.54 Å². The summed E-state index contributed by atoms with van der Waals surface area (Å²) in [6, 6.07) is 5.25. The van der Waals surface area contributed by atoms with Crippen molar-refractivity contribution < 1.29 is 28.7 Å². The van der Waals surface area contributed by atoms with Gasteiger partial charge in [-0.2, -0.15) is 0 Å². The highest BCUT2D eigenvalue weighted by atomic mass is 16.6. The summed E-state index contributed by atoms with van der Waals surface area (Å²) in [6.45, 7) is 9.82. The molecule has 0 aromatic heterocycles. The number of primary amides is 1. The Bertz CT molecular complexity index is 1260. The minimum atomic E-state index is -1.08. The van der Waals surface area contributed by atoms with Gasteiger partial charge in [0.1, 0.15) is 17.7 Å². The van der Waals surface area contributed by atoms with Crippen LogP contribution in [0.1, 0.15) is 71.4 Å². The van der Waals surface area contributed by atoms with Gasteiger partial charge >= 0.3 is 6.09 Å². The molecule has 4 amide bonds. The average molecular weight is 581 g/mol. The highest BCUT2D eigenvalue weighted by Crippen LogP contribution is 2.65. The van der Waals surface area contributed by atoms with Crippen LogP contribution in [0, 0.1) is 29.1 Å². The Morgan fingerprint density at radius 2 is 1.67 bits per heavy atom. The normalized spacial score (nSPS) is 25.8. The Balaban J connectivity index is 1.39. The molecule has 10 heteroatoms. The third-order valence-electron chi connectivity index (χ3n) is 9.92. The van der Waals surface area contributed by atoms with Crippen molar-refractivity contribution in [1.29, 1.82) is 0 Å². The van der Waals surface area contributed by atoms with Crippen molar-refractivity contribution in [1.82, 2.24) is 15.5 Å². The number of carbonyl (C=O) groups excluding carboxylic acids is 5. The zero-order valence-corrected chi connectivity index (χ0v) is 25.3. The number of hydrogen-bond donors (Lipinski definition) is 3. The summed E-state index contributed by atoms with van der Waals surface area (Å²) in [7, 11) is 0. The summed E-state index contributed by atoms with van der Waals surface area (Å²) >= 11 is 0. The number of Topliss-reactive ketones (excluding diaryl/α,β-unsaturated/α-hetero) is 1. The predicted octanol–water partition coefficient (Wildman–Crippen LogP) is 2.51. The number of alkyl carbamates (subject to hydrolysis) is 1. The second-order valence-electron chi connectivity index (χ2n) is 14.3. The topological polar surface area (TPSA) is 148 Å². The Morgan fingerprint density at radius 3 is 2.19 bits per heavy atom. The van der Waals surface area contributed by atoms with Gasteiger partial charge in [0, 0.05) is 6.54 Å². The molecule has 1 saturated heterocycles. The van der Waals surface area contributed by atoms with Crippen molar-refractivity contribution in [2.45, 2.75) is 96.9 Å². The fourth-order valence-electron chi connectivity index (χ4n) is 7.36. The van der Waals surface area contributed by atoms with Crippen LogP contribution >= 0.6 is 0 Å². The summed E-state index contributed by atoms with van der Waals surface area (Å²) in [5, 5.41) is 5.67. The largest absolute Gasteiger partial charge is 0.444 e. The molecule has 0 bridgehead atoms. The maximum absolute atomic E-state index is 14.4. The zero-order valence-electron chi connectivity index (χ0n) is 25.3. The Hall–Kier alpha value is -3.43. The van der Waals surface area contributed by atoms with Gasteiger partial charge < -0.3 is 26.0 Å². The van der Waals surface area contributed by atoms with Gasteiger partial charge in [0.2, 0.25) is 17.6 Å². The first-order valence-corrected chi connectivity index (χ1v) is 15.2. The number of carbonyl (C=O) groups is 5. The number of likely N-dealkylation sites (tertiary alicyclic amines) is 1. The summed E-state index contributed by atoms with van der Waals surface area (Å²) in [4.78, 5) is 67.4. The number of ketones is 1. The molecule has 10 nitrogen and oxygen atoms in total. The van der Waals surface area contributed by atoms with Crippen LogP contribution in [0.15, 0.2) is 24.3 Å². The minimum Gasteiger partial charge on any atom is -0.444 e. The average Bonchev–Trinajstić information content (AvgIpc) is 3.25. The Kier molecular flexibility index (Phi) is 7.87. The summed E-state index contributed by atoms with van der Waals surface area (Å²) in [6.07, 6.45) is 3.82. The van der Waals surface area contributed by atoms with Crippen LogP contribution < -0.4 is 16.4 Å². The van der Waals surface area contributed by atoms with Crippen molar-refractivity contribution in [3.63, 3.8) is 0 Å². The molecule has 3 aliphatic carbocycles. The molecule has 4 aliphatic rings. The van der Waals surface area contributed by atoms with Gasteiger partial charge in [-0.3, -0.25) is 19.2 Å². The molecule has 4 N–H and O–H groups in total. The van der Waals surface area contributed by atoms with Gasteiger partial charge in [0.15, 0.2) is 0 Å². The number of ether oxygens (including phenoxy) is 1. The van der Waals surface area contributed by atoms with Gasteiger partial charge in [-0.05, 0) is 80.2 Å². The number of hydrogen-bond acceptors (Lipinski definition) is 6. The number of piperidine rings is 1. The van der Waals surface area contributed by atoms with E-state index in [0.717, 1.165) is 30.4 Å². The second-order valence-corrected chi connectivity index (χ2v) is 14.3. The monoisotopic (exact) mass is 580 g/mol. The van der Waals surface area contributed by atoms with Gasteiger partial charge in [-0.15, -0.1) is 0 Å². The predicted molar refractivity (Wildman–Crippen MR) is 155 cm³/mol. The molecule has 2 saturated carbocycles. The SMILES string of the molecule is CC(C)(C)OC(=O)N[C@H](C(=O)N1C[C@H]2[C@@H]([C@H]1C(=O)NC(CC1CCC1)C(=O)C(N)=O)C2(C)C)C1Cc2ccccc2C1. The Morgan fingerprint density at radius 1 is 1.05 bits per heavy atom. The van der Waals surface area contributed by atoms with Crippen molar-refractivity contribution in [3.8, 4) is 0 Å². The van der Waals surface area contributed by atoms with Crippen LogP contribution in [0.5, 0.6) is 0 Å². The zero-order chi connectivity index (χ0) is 30.6. The van der Waals surface area contributed by atoms with Crippen molar-refractivity contribution >= 4 is 29.6 Å². The van der Waals surface area contributed by atoms with Crippen LogP contribution in [-0.4, -0.2) is 64.8 Å². The molecule has 5 rings (SSSR count). The van der Waals surface area contributed by atoms with E-state index >= 15 is 0 Å². The highest BCUT2D eigenvalue weighted by molar-refractivity contribution is 6.37. The molecule has 3 fully saturated rings. The molecule has 1 aromatic carbocycles. The van der Waals surface area contributed by atoms with Crippen LogP contribution in [0.2, 0.25) is 0 Å². The van der Waals surface area contributed by atoms with E-state index in [1.54, 1.807) is 25.7 Å². The number of nitrogens with two attached hydrogens (primary N) is 1. The summed E-state index contributed by atoms with van der Waals surface area (Å²) < 4.78 is 5.53. The third-order valence-corrected chi connectivity index (χ3v) is 9.92. The van der Waals surface area contributed by atoms with Crippen LogP contribution in [0.4, 0.5) is 4.79 Å². The van der Waals surface area contributed by atoms with E-state index < -0.39 is 47.4 Å². The molecule has 1 unspecified atom stereocenters. The lowest BCUT2D eigenvalue weighted by molar-refractivity contribution is -0.144. The molecule has 0 radical (unpaired) electrons. The van der Waals surface area contributed by atoms with Crippen LogP contribution in [0.25, 0.3) is 0 Å². The van der Waals surface area contributed by atoms with Crippen molar-refractivity contribution in [2.24, 2.45) is 34.8 Å². The van der Waals surface area contributed by atoms with Gasteiger partial charge in [-0.1, -0.05) is 57.4 Å². The molecule has 1 heterocycles. The van der Waals surface area contributed by atoms with Gasteiger partial charge in [0.05, 0.1) is 6.04 Å². The molecule has 1 aliphatic heterocycles. The van der Waals surface area contributed by atoms with E-state index in [1.165, 1.54) is 0 Å². The smallest absolute Gasteiger partial charge is 0.408 e. The first-order chi connectivity index (χ1) is 19.7. The summed E-state index contributed by atoms with van der Waals surface area (Å²) in [5.74, 6) is -2.63. The van der Waals surface area contributed by atoms with E-state index in [4.69, 9.17) is 10.5 Å². The number of amides is 4. The molecule has 1 aromatic rings. The fourth-order valence-corrected chi connectivity index (χ4v) is 7.36. The third kappa shape index (κ3) is 5.90.